The summed E-state index contributed by atoms with van der Waals surface area (Å²) in [6.45, 7) is 5.82. The third kappa shape index (κ3) is 3.22. The molecule has 4 heteroatoms. The van der Waals surface area contributed by atoms with E-state index in [4.69, 9.17) is 4.74 Å². The zero-order valence-corrected chi connectivity index (χ0v) is 13.0. The first-order valence-electron chi connectivity index (χ1n) is 7.21. The van der Waals surface area contributed by atoms with E-state index in [0.29, 0.717) is 11.3 Å². The molecule has 0 saturated heterocycles. The van der Waals surface area contributed by atoms with E-state index in [1.54, 1.807) is 31.2 Å². The summed E-state index contributed by atoms with van der Waals surface area (Å²) in [6.07, 6.45) is 0.743. The lowest BCUT2D eigenvalue weighted by Crippen LogP contribution is -2.09. The molecule has 22 heavy (non-hydrogen) atoms. The normalized spacial score (nSPS) is 10.5. The molecule has 0 aromatic heterocycles. The molecule has 0 fully saturated rings. The molecule has 2 N–H and O–H groups in total. The van der Waals surface area contributed by atoms with Crippen LogP contribution in [0.2, 0.25) is 0 Å². The second-order valence-corrected chi connectivity index (χ2v) is 5.29. The number of hydrogen-bond acceptors (Lipinski definition) is 3. The molecule has 0 spiro atoms. The molecule has 2 rings (SSSR count). The van der Waals surface area contributed by atoms with Crippen molar-refractivity contribution >= 4 is 5.97 Å². The Balaban J connectivity index is 2.32. The van der Waals surface area contributed by atoms with Crippen molar-refractivity contribution in [2.45, 2.75) is 33.8 Å². The number of rotatable bonds is 5. The number of aromatic carboxylic acids is 1. The molecule has 116 valence electrons. The minimum atomic E-state index is -0.951. The van der Waals surface area contributed by atoms with E-state index in [1.807, 2.05) is 19.9 Å². The minimum Gasteiger partial charge on any atom is -0.508 e. The van der Waals surface area contributed by atoms with Gasteiger partial charge in [0.05, 0.1) is 5.56 Å². The second-order valence-electron chi connectivity index (χ2n) is 5.29. The topological polar surface area (TPSA) is 66.8 Å². The first-order chi connectivity index (χ1) is 10.4. The molecule has 0 bridgehead atoms. The van der Waals surface area contributed by atoms with Gasteiger partial charge in [-0.15, -0.1) is 0 Å². The predicted molar refractivity (Wildman–Crippen MR) is 84.7 cm³/mol. The number of carboxylic acids is 1. The van der Waals surface area contributed by atoms with E-state index in [-0.39, 0.29) is 17.9 Å². The van der Waals surface area contributed by atoms with Crippen LogP contribution < -0.4 is 4.74 Å². The molecule has 4 nitrogen and oxygen atoms in total. The van der Waals surface area contributed by atoms with E-state index in [1.165, 1.54) is 0 Å². The lowest BCUT2D eigenvalue weighted by Gasteiger charge is -2.15. The maximum Gasteiger partial charge on any atom is 0.336 e. The van der Waals surface area contributed by atoms with Crippen LogP contribution in [0.3, 0.4) is 0 Å². The van der Waals surface area contributed by atoms with Crippen LogP contribution in [0.15, 0.2) is 30.3 Å². The van der Waals surface area contributed by atoms with Crippen LogP contribution in [0, 0.1) is 13.8 Å². The minimum absolute atomic E-state index is 0.191. The first kappa shape index (κ1) is 15.9. The van der Waals surface area contributed by atoms with E-state index < -0.39 is 5.97 Å². The number of carboxylic acid groups (broad SMARTS) is 1. The van der Waals surface area contributed by atoms with Crippen molar-refractivity contribution in [1.82, 2.24) is 0 Å². The largest absolute Gasteiger partial charge is 0.508 e. The second kappa shape index (κ2) is 6.52. The first-order valence-corrected chi connectivity index (χ1v) is 7.21. The molecule has 0 saturated carbocycles. The standard InChI is InChI=1S/C18H20O4/c1-4-13-6-5-7-14(18(20)21)15(13)10-22-17-9-11(2)16(19)8-12(17)3/h5-9,19H,4,10H2,1-3H3,(H,20,21). The Morgan fingerprint density at radius 1 is 1.18 bits per heavy atom. The van der Waals surface area contributed by atoms with Crippen LogP contribution in [-0.2, 0) is 13.0 Å². The van der Waals surface area contributed by atoms with Crippen molar-refractivity contribution in [2.75, 3.05) is 0 Å². The number of phenols is 1. The van der Waals surface area contributed by atoms with E-state index in [2.05, 4.69) is 0 Å². The zero-order valence-electron chi connectivity index (χ0n) is 13.0. The molecule has 0 aliphatic carbocycles. The highest BCUT2D eigenvalue weighted by atomic mass is 16.5. The van der Waals surface area contributed by atoms with Gasteiger partial charge in [0, 0.05) is 5.56 Å². The van der Waals surface area contributed by atoms with Crippen LogP contribution in [0.4, 0.5) is 0 Å². The molecule has 0 unspecified atom stereocenters. The van der Waals surface area contributed by atoms with E-state index in [9.17, 15) is 15.0 Å². The lowest BCUT2D eigenvalue weighted by molar-refractivity contribution is 0.0693. The van der Waals surface area contributed by atoms with Gasteiger partial charge in [-0.1, -0.05) is 19.1 Å². The Morgan fingerprint density at radius 2 is 1.91 bits per heavy atom. The summed E-state index contributed by atoms with van der Waals surface area (Å²) in [4.78, 5) is 11.4. The summed E-state index contributed by atoms with van der Waals surface area (Å²) in [7, 11) is 0. The molecular formula is C18H20O4. The van der Waals surface area contributed by atoms with Gasteiger partial charge < -0.3 is 14.9 Å². The van der Waals surface area contributed by atoms with Crippen LogP contribution in [0.1, 0.15) is 39.5 Å². The van der Waals surface area contributed by atoms with Crippen molar-refractivity contribution in [3.8, 4) is 11.5 Å². The molecule has 2 aromatic carbocycles. The molecule has 0 aliphatic heterocycles. The number of aromatic hydroxyl groups is 1. The fourth-order valence-electron chi connectivity index (χ4n) is 2.42. The summed E-state index contributed by atoms with van der Waals surface area (Å²) >= 11 is 0. The third-order valence-electron chi connectivity index (χ3n) is 3.75. The summed E-state index contributed by atoms with van der Waals surface area (Å²) in [5, 5.41) is 19.0. The number of phenolic OH excluding ortho intramolecular Hbond substituents is 1. The zero-order chi connectivity index (χ0) is 16.3. The Bertz CT molecular complexity index is 704. The Hall–Kier alpha value is -2.49. The van der Waals surface area contributed by atoms with Gasteiger partial charge in [0.1, 0.15) is 18.1 Å². The number of hydrogen-bond donors (Lipinski definition) is 2. The highest BCUT2D eigenvalue weighted by molar-refractivity contribution is 5.89. The quantitative estimate of drug-likeness (QED) is 0.880. The highest BCUT2D eigenvalue weighted by Gasteiger charge is 2.14. The van der Waals surface area contributed by atoms with Gasteiger partial charge in [-0.25, -0.2) is 4.79 Å². The molecule has 0 atom stereocenters. The predicted octanol–water partition coefficient (Wildman–Crippen LogP) is 3.85. The van der Waals surface area contributed by atoms with Crippen LogP contribution in [0.5, 0.6) is 11.5 Å². The van der Waals surface area contributed by atoms with Crippen molar-refractivity contribution in [1.29, 1.82) is 0 Å². The molecule has 0 aliphatic rings. The Morgan fingerprint density at radius 3 is 2.55 bits per heavy atom. The van der Waals surface area contributed by atoms with Crippen LogP contribution in [-0.4, -0.2) is 16.2 Å². The highest BCUT2D eigenvalue weighted by Crippen LogP contribution is 2.28. The molecule has 0 heterocycles. The fourth-order valence-corrected chi connectivity index (χ4v) is 2.42. The van der Waals surface area contributed by atoms with Gasteiger partial charge in [-0.3, -0.25) is 0 Å². The van der Waals surface area contributed by atoms with Crippen LogP contribution in [0.25, 0.3) is 0 Å². The summed E-state index contributed by atoms with van der Waals surface area (Å²) in [6, 6.07) is 8.67. The van der Waals surface area contributed by atoms with Crippen molar-refractivity contribution < 1.29 is 19.7 Å². The molecule has 0 amide bonds. The van der Waals surface area contributed by atoms with Crippen molar-refractivity contribution in [3.05, 3.63) is 58.1 Å². The summed E-state index contributed by atoms with van der Waals surface area (Å²) in [5.41, 5.74) is 3.47. The molecular weight excluding hydrogens is 280 g/mol. The third-order valence-corrected chi connectivity index (χ3v) is 3.75. The maximum absolute atomic E-state index is 11.4. The van der Waals surface area contributed by atoms with Crippen LogP contribution >= 0.6 is 0 Å². The van der Waals surface area contributed by atoms with E-state index >= 15 is 0 Å². The fraction of sp³-hybridized carbons (Fsp3) is 0.278. The van der Waals surface area contributed by atoms with Crippen molar-refractivity contribution in [2.24, 2.45) is 0 Å². The Kier molecular flexibility index (Phi) is 4.71. The molecule has 2 aromatic rings. The van der Waals surface area contributed by atoms with E-state index in [0.717, 1.165) is 23.1 Å². The lowest BCUT2D eigenvalue weighted by atomic mass is 10.00. The van der Waals surface area contributed by atoms with Gasteiger partial charge in [-0.05, 0) is 55.2 Å². The Labute approximate surface area is 130 Å². The number of aryl methyl sites for hydroxylation is 3. The van der Waals surface area contributed by atoms with Gasteiger partial charge >= 0.3 is 5.97 Å². The molecule has 0 radical (unpaired) electrons. The monoisotopic (exact) mass is 300 g/mol. The maximum atomic E-state index is 11.4. The van der Waals surface area contributed by atoms with Crippen molar-refractivity contribution in [3.63, 3.8) is 0 Å². The number of ether oxygens (including phenoxy) is 1. The van der Waals surface area contributed by atoms with Gasteiger partial charge in [-0.2, -0.15) is 0 Å². The number of carbonyl (C=O) groups is 1. The van der Waals surface area contributed by atoms with Gasteiger partial charge in [0.2, 0.25) is 0 Å². The average Bonchev–Trinajstić information content (AvgIpc) is 2.49. The summed E-state index contributed by atoms with van der Waals surface area (Å²) in [5.74, 6) is -0.0740. The number of benzene rings is 2. The average molecular weight is 300 g/mol. The SMILES string of the molecule is CCc1cccc(C(=O)O)c1COc1cc(C)c(O)cc1C. The van der Waals surface area contributed by atoms with Gasteiger partial charge in [0.25, 0.3) is 0 Å². The summed E-state index contributed by atoms with van der Waals surface area (Å²) < 4.78 is 5.82. The van der Waals surface area contributed by atoms with Gasteiger partial charge in [0.15, 0.2) is 0 Å². The smallest absolute Gasteiger partial charge is 0.336 e.